The van der Waals surface area contributed by atoms with Crippen LogP contribution in [0, 0.1) is 0 Å². The summed E-state index contributed by atoms with van der Waals surface area (Å²) in [7, 11) is 0. The minimum Gasteiger partial charge on any atom is -0.396 e. The number of halogens is 5. The molecular formula is C14H8Cl2F3NO. The molecule has 0 spiro atoms. The number of rotatable bonds is 2. The Morgan fingerprint density at radius 1 is 0.952 bits per heavy atom. The van der Waals surface area contributed by atoms with Gasteiger partial charge in [-0.25, -0.2) is 0 Å². The van der Waals surface area contributed by atoms with Crippen LogP contribution in [0.4, 0.5) is 18.9 Å². The molecule has 0 saturated heterocycles. The van der Waals surface area contributed by atoms with Crippen LogP contribution in [0.1, 0.15) is 21.5 Å². The van der Waals surface area contributed by atoms with Crippen LogP contribution >= 0.6 is 23.2 Å². The molecule has 2 N–H and O–H groups in total. The van der Waals surface area contributed by atoms with Gasteiger partial charge in [0, 0.05) is 11.1 Å². The summed E-state index contributed by atoms with van der Waals surface area (Å²) in [6.07, 6.45) is -4.45. The zero-order valence-corrected chi connectivity index (χ0v) is 11.9. The van der Waals surface area contributed by atoms with Gasteiger partial charge in [-0.1, -0.05) is 35.3 Å². The minimum absolute atomic E-state index is 0.0971. The van der Waals surface area contributed by atoms with Crippen molar-refractivity contribution in [3.8, 4) is 0 Å². The minimum atomic E-state index is -4.45. The molecule has 110 valence electrons. The van der Waals surface area contributed by atoms with Crippen molar-refractivity contribution in [1.29, 1.82) is 0 Å². The molecule has 0 aliphatic carbocycles. The Morgan fingerprint density at radius 2 is 1.43 bits per heavy atom. The zero-order valence-electron chi connectivity index (χ0n) is 10.3. The molecule has 0 aliphatic heterocycles. The Kier molecular flexibility index (Phi) is 4.16. The summed E-state index contributed by atoms with van der Waals surface area (Å²) in [6.45, 7) is 0. The lowest BCUT2D eigenvalue weighted by Gasteiger charge is -2.08. The first-order valence-electron chi connectivity index (χ1n) is 5.66. The summed E-state index contributed by atoms with van der Waals surface area (Å²) in [4.78, 5) is 12.2. The van der Waals surface area contributed by atoms with Crippen molar-refractivity contribution >= 4 is 34.7 Å². The summed E-state index contributed by atoms with van der Waals surface area (Å²) >= 11 is 11.7. The number of carbonyl (C=O) groups is 1. The third-order valence-electron chi connectivity index (χ3n) is 2.82. The standard InChI is InChI=1S/C14H8Cl2F3NO/c15-10-5-8(6-11(16)12(10)20)13(21)7-1-3-9(4-2-7)14(17,18)19/h1-6H,20H2. The van der Waals surface area contributed by atoms with E-state index < -0.39 is 17.5 Å². The summed E-state index contributed by atoms with van der Waals surface area (Å²) in [6, 6.07) is 6.53. The Balaban J connectivity index is 2.37. The lowest BCUT2D eigenvalue weighted by molar-refractivity contribution is -0.137. The first-order valence-corrected chi connectivity index (χ1v) is 6.42. The average Bonchev–Trinajstić information content (AvgIpc) is 2.42. The summed E-state index contributed by atoms with van der Waals surface area (Å²) in [5.41, 5.74) is 5.12. The Morgan fingerprint density at radius 3 is 1.86 bits per heavy atom. The third-order valence-corrected chi connectivity index (χ3v) is 3.44. The third kappa shape index (κ3) is 3.31. The molecule has 7 heteroatoms. The number of nitrogens with two attached hydrogens (primary N) is 1. The fraction of sp³-hybridized carbons (Fsp3) is 0.0714. The quantitative estimate of drug-likeness (QED) is 0.632. The predicted octanol–water partition coefficient (Wildman–Crippen LogP) is 4.83. The Bertz CT molecular complexity index is 673. The Hall–Kier alpha value is -1.72. The van der Waals surface area contributed by atoms with Gasteiger partial charge < -0.3 is 5.73 Å². The maximum Gasteiger partial charge on any atom is 0.416 e. The average molecular weight is 334 g/mol. The number of benzene rings is 2. The first kappa shape index (κ1) is 15.7. The lowest BCUT2D eigenvalue weighted by atomic mass is 10.0. The van der Waals surface area contributed by atoms with Gasteiger partial charge in [0.05, 0.1) is 21.3 Å². The van der Waals surface area contributed by atoms with Crippen molar-refractivity contribution in [2.45, 2.75) is 6.18 Å². The molecule has 0 radical (unpaired) electrons. The second kappa shape index (κ2) is 5.58. The van der Waals surface area contributed by atoms with Crippen LogP contribution in [0.2, 0.25) is 10.0 Å². The molecule has 0 unspecified atom stereocenters. The predicted molar refractivity (Wildman–Crippen MR) is 75.8 cm³/mol. The van der Waals surface area contributed by atoms with Gasteiger partial charge in [0.2, 0.25) is 0 Å². The monoisotopic (exact) mass is 333 g/mol. The molecule has 0 bridgehead atoms. The topological polar surface area (TPSA) is 43.1 Å². The first-order chi connectivity index (χ1) is 9.70. The van der Waals surface area contributed by atoms with E-state index in [9.17, 15) is 18.0 Å². The van der Waals surface area contributed by atoms with E-state index in [1.54, 1.807) is 0 Å². The summed E-state index contributed by atoms with van der Waals surface area (Å²) < 4.78 is 37.4. The fourth-order valence-electron chi connectivity index (χ4n) is 1.69. The number of hydrogen-bond acceptors (Lipinski definition) is 2. The van der Waals surface area contributed by atoms with Crippen molar-refractivity contribution < 1.29 is 18.0 Å². The normalized spacial score (nSPS) is 11.5. The fourth-order valence-corrected chi connectivity index (χ4v) is 2.18. The van der Waals surface area contributed by atoms with Crippen LogP contribution in [0.25, 0.3) is 0 Å². The molecule has 0 amide bonds. The van der Waals surface area contributed by atoms with Crippen LogP contribution < -0.4 is 5.73 Å². The number of ketones is 1. The van der Waals surface area contributed by atoms with E-state index in [1.165, 1.54) is 12.1 Å². The SMILES string of the molecule is Nc1c(Cl)cc(C(=O)c2ccc(C(F)(F)F)cc2)cc1Cl. The van der Waals surface area contributed by atoms with Crippen LogP contribution in [-0.2, 0) is 6.18 Å². The second-order valence-corrected chi connectivity index (χ2v) is 5.07. The van der Waals surface area contributed by atoms with Crippen LogP contribution in [0.5, 0.6) is 0 Å². The maximum atomic E-state index is 12.5. The van der Waals surface area contributed by atoms with Crippen molar-refractivity contribution in [1.82, 2.24) is 0 Å². The molecule has 0 heterocycles. The number of alkyl halides is 3. The van der Waals surface area contributed by atoms with Gasteiger partial charge in [0.25, 0.3) is 0 Å². The van der Waals surface area contributed by atoms with E-state index in [0.717, 1.165) is 24.3 Å². The van der Waals surface area contributed by atoms with Crippen molar-refractivity contribution in [3.63, 3.8) is 0 Å². The number of anilines is 1. The van der Waals surface area contributed by atoms with Crippen LogP contribution in [-0.4, -0.2) is 5.78 Å². The second-order valence-electron chi connectivity index (χ2n) is 4.26. The molecule has 0 fully saturated rings. The number of nitrogen functional groups attached to an aromatic ring is 1. The van der Waals surface area contributed by atoms with Gasteiger partial charge in [-0.3, -0.25) is 4.79 Å². The van der Waals surface area contributed by atoms with Crippen LogP contribution in [0.15, 0.2) is 36.4 Å². The van der Waals surface area contributed by atoms with E-state index in [4.69, 9.17) is 28.9 Å². The molecule has 0 aliphatic rings. The van der Waals surface area contributed by atoms with E-state index in [2.05, 4.69) is 0 Å². The molecule has 2 aromatic carbocycles. The highest BCUT2D eigenvalue weighted by Gasteiger charge is 2.30. The van der Waals surface area contributed by atoms with Gasteiger partial charge in [-0.2, -0.15) is 13.2 Å². The van der Waals surface area contributed by atoms with Gasteiger partial charge in [-0.05, 0) is 24.3 Å². The molecule has 2 rings (SSSR count). The molecule has 0 saturated carbocycles. The lowest BCUT2D eigenvalue weighted by Crippen LogP contribution is -2.07. The van der Waals surface area contributed by atoms with Gasteiger partial charge in [-0.15, -0.1) is 0 Å². The van der Waals surface area contributed by atoms with E-state index in [-0.39, 0.29) is 26.9 Å². The van der Waals surface area contributed by atoms with Gasteiger partial charge >= 0.3 is 6.18 Å². The number of hydrogen-bond donors (Lipinski definition) is 1. The number of carbonyl (C=O) groups excluding carboxylic acids is 1. The Labute approximate surface area is 128 Å². The zero-order chi connectivity index (χ0) is 15.8. The van der Waals surface area contributed by atoms with Crippen molar-refractivity contribution in [3.05, 3.63) is 63.1 Å². The molecule has 0 aromatic heterocycles. The van der Waals surface area contributed by atoms with E-state index in [1.807, 2.05) is 0 Å². The summed E-state index contributed by atoms with van der Waals surface area (Å²) in [5.74, 6) is -0.493. The van der Waals surface area contributed by atoms with E-state index >= 15 is 0 Å². The van der Waals surface area contributed by atoms with Crippen LogP contribution in [0.3, 0.4) is 0 Å². The van der Waals surface area contributed by atoms with Crippen molar-refractivity contribution in [2.24, 2.45) is 0 Å². The molecule has 2 nitrogen and oxygen atoms in total. The van der Waals surface area contributed by atoms with Gasteiger partial charge in [0.1, 0.15) is 0 Å². The molecule has 2 aromatic rings. The maximum absolute atomic E-state index is 12.5. The smallest absolute Gasteiger partial charge is 0.396 e. The van der Waals surface area contributed by atoms with Gasteiger partial charge in [0.15, 0.2) is 5.78 Å². The molecule has 21 heavy (non-hydrogen) atoms. The van der Waals surface area contributed by atoms with Crippen molar-refractivity contribution in [2.75, 3.05) is 5.73 Å². The molecular weight excluding hydrogens is 326 g/mol. The molecule has 0 atom stereocenters. The highest BCUT2D eigenvalue weighted by atomic mass is 35.5. The largest absolute Gasteiger partial charge is 0.416 e. The van der Waals surface area contributed by atoms with E-state index in [0.29, 0.717) is 0 Å². The summed E-state index contributed by atoms with van der Waals surface area (Å²) in [5, 5.41) is 0.218. The highest BCUT2D eigenvalue weighted by Crippen LogP contribution is 2.31. The highest BCUT2D eigenvalue weighted by molar-refractivity contribution is 6.39.